The Morgan fingerprint density at radius 2 is 1.96 bits per heavy atom. The van der Waals surface area contributed by atoms with E-state index in [1.54, 1.807) is 18.4 Å². The molecule has 1 heterocycles. The van der Waals surface area contributed by atoms with Crippen molar-refractivity contribution in [2.75, 3.05) is 19.5 Å². The number of nitrogens with zero attached hydrogens (tertiary/aromatic N) is 1. The lowest BCUT2D eigenvalue weighted by Gasteiger charge is -2.20. The molecule has 0 radical (unpaired) electrons. The summed E-state index contributed by atoms with van der Waals surface area (Å²) >= 11 is 1.68. The maximum atomic E-state index is 12.6. The second-order valence-electron chi connectivity index (χ2n) is 6.01. The average molecular weight is 356 g/mol. The van der Waals surface area contributed by atoms with Gasteiger partial charge in [-0.05, 0) is 31.2 Å². The lowest BCUT2D eigenvalue weighted by Crippen LogP contribution is -3.12. The van der Waals surface area contributed by atoms with Gasteiger partial charge in [-0.25, -0.2) is 4.98 Å². The van der Waals surface area contributed by atoms with E-state index in [1.807, 2.05) is 56.4 Å². The lowest BCUT2D eigenvalue weighted by atomic mass is 10.2. The first kappa shape index (κ1) is 17.4. The van der Waals surface area contributed by atoms with E-state index in [0.717, 1.165) is 15.4 Å². The third-order valence-electron chi connectivity index (χ3n) is 4.27. The summed E-state index contributed by atoms with van der Waals surface area (Å²) in [5.41, 5.74) is 1.70. The highest BCUT2D eigenvalue weighted by Crippen LogP contribution is 2.23. The van der Waals surface area contributed by atoms with Crippen LogP contribution in [0.25, 0.3) is 10.2 Å². The number of thiazole rings is 1. The van der Waals surface area contributed by atoms with Gasteiger partial charge in [0.05, 0.1) is 30.1 Å². The van der Waals surface area contributed by atoms with Crippen LogP contribution in [0, 0.1) is 0 Å². The van der Waals surface area contributed by atoms with Crippen molar-refractivity contribution in [3.05, 3.63) is 53.5 Å². The predicted molar refractivity (Wildman–Crippen MR) is 101 cm³/mol. The van der Waals surface area contributed by atoms with Crippen LogP contribution in [-0.4, -0.2) is 31.1 Å². The standard InChI is InChI=1S/C19H21N3O2S/c1-13(19(23)21-14-8-4-6-10-16(14)24-3)22(2)12-18-20-15-9-5-7-11-17(15)25-18/h4-11,13H,12H2,1-3H3,(H,21,23)/p+1/t13-/m0/s1. The summed E-state index contributed by atoms with van der Waals surface area (Å²) in [4.78, 5) is 18.3. The molecule has 25 heavy (non-hydrogen) atoms. The van der Waals surface area contributed by atoms with Crippen molar-refractivity contribution in [2.24, 2.45) is 0 Å². The van der Waals surface area contributed by atoms with E-state index in [2.05, 4.69) is 16.4 Å². The van der Waals surface area contributed by atoms with Gasteiger partial charge in [0.15, 0.2) is 6.04 Å². The molecule has 1 unspecified atom stereocenters. The van der Waals surface area contributed by atoms with Crippen LogP contribution >= 0.6 is 11.3 Å². The summed E-state index contributed by atoms with van der Waals surface area (Å²) in [5.74, 6) is 0.620. The fourth-order valence-corrected chi connectivity index (χ4v) is 3.66. The third-order valence-corrected chi connectivity index (χ3v) is 5.30. The number of carbonyl (C=O) groups excluding carboxylic acids is 1. The van der Waals surface area contributed by atoms with Gasteiger partial charge in [-0.2, -0.15) is 0 Å². The fraction of sp³-hybridized carbons (Fsp3) is 0.263. The van der Waals surface area contributed by atoms with Crippen LogP contribution < -0.4 is 15.0 Å². The second-order valence-corrected chi connectivity index (χ2v) is 7.12. The number of nitrogens with one attached hydrogen (secondary N) is 2. The number of rotatable bonds is 6. The van der Waals surface area contributed by atoms with Gasteiger partial charge >= 0.3 is 0 Å². The Balaban J connectivity index is 1.66. The summed E-state index contributed by atoms with van der Waals surface area (Å²) in [6, 6.07) is 15.3. The Bertz CT molecular complexity index is 845. The first-order chi connectivity index (χ1) is 12.1. The lowest BCUT2D eigenvalue weighted by molar-refractivity contribution is -0.907. The van der Waals surface area contributed by atoms with E-state index in [1.165, 1.54) is 4.70 Å². The molecule has 2 atom stereocenters. The number of hydrogen-bond donors (Lipinski definition) is 2. The van der Waals surface area contributed by atoms with Crippen molar-refractivity contribution in [3.63, 3.8) is 0 Å². The van der Waals surface area contributed by atoms with Crippen LogP contribution in [0.1, 0.15) is 11.9 Å². The Labute approximate surface area is 151 Å². The van der Waals surface area contributed by atoms with Crippen LogP contribution in [0.3, 0.4) is 0 Å². The maximum absolute atomic E-state index is 12.6. The number of quaternary nitrogens is 1. The molecule has 0 bridgehead atoms. The van der Waals surface area contributed by atoms with Gasteiger partial charge in [-0.1, -0.05) is 24.3 Å². The highest BCUT2D eigenvalue weighted by atomic mass is 32.1. The molecule has 0 saturated heterocycles. The number of benzene rings is 2. The SMILES string of the molecule is COc1ccccc1NC(=O)[C@H](C)[NH+](C)Cc1nc2ccccc2s1. The minimum absolute atomic E-state index is 0.0388. The summed E-state index contributed by atoms with van der Waals surface area (Å²) < 4.78 is 6.46. The molecule has 5 nitrogen and oxygen atoms in total. The highest BCUT2D eigenvalue weighted by Gasteiger charge is 2.24. The number of likely N-dealkylation sites (N-methyl/N-ethyl adjacent to an activating group) is 1. The number of ether oxygens (including phenoxy) is 1. The molecule has 3 aromatic rings. The summed E-state index contributed by atoms with van der Waals surface area (Å²) in [7, 11) is 3.61. The molecule has 0 aliphatic rings. The molecule has 0 spiro atoms. The molecule has 0 aliphatic carbocycles. The molecule has 2 N–H and O–H groups in total. The van der Waals surface area contributed by atoms with E-state index in [0.29, 0.717) is 18.0 Å². The molecule has 0 aliphatic heterocycles. The Morgan fingerprint density at radius 1 is 1.24 bits per heavy atom. The number of anilines is 1. The van der Waals surface area contributed by atoms with E-state index in [9.17, 15) is 4.79 Å². The van der Waals surface area contributed by atoms with Gasteiger partial charge in [-0.15, -0.1) is 11.3 Å². The number of hydrogen-bond acceptors (Lipinski definition) is 4. The van der Waals surface area contributed by atoms with Crippen molar-refractivity contribution in [1.82, 2.24) is 4.98 Å². The Kier molecular flexibility index (Phi) is 5.31. The van der Waals surface area contributed by atoms with Gasteiger partial charge in [0.25, 0.3) is 5.91 Å². The van der Waals surface area contributed by atoms with Gasteiger partial charge in [0.2, 0.25) is 0 Å². The van der Waals surface area contributed by atoms with Crippen molar-refractivity contribution in [2.45, 2.75) is 19.5 Å². The molecule has 0 fully saturated rings. The molecular formula is C19H22N3O2S+. The minimum Gasteiger partial charge on any atom is -0.495 e. The molecule has 6 heteroatoms. The summed E-state index contributed by atoms with van der Waals surface area (Å²) in [6.45, 7) is 2.63. The van der Waals surface area contributed by atoms with Gasteiger partial charge in [0, 0.05) is 0 Å². The molecule has 1 amide bonds. The molecule has 2 aromatic carbocycles. The molecule has 3 rings (SSSR count). The van der Waals surface area contributed by atoms with Crippen LogP contribution in [0.5, 0.6) is 5.75 Å². The minimum atomic E-state index is -0.211. The maximum Gasteiger partial charge on any atom is 0.282 e. The Hall–Kier alpha value is -2.44. The van der Waals surface area contributed by atoms with Gasteiger partial charge < -0.3 is 15.0 Å². The normalized spacial score (nSPS) is 13.4. The van der Waals surface area contributed by atoms with Gasteiger partial charge in [0.1, 0.15) is 17.3 Å². The first-order valence-corrected chi connectivity index (χ1v) is 9.00. The number of fused-ring (bicyclic) bond motifs is 1. The van der Waals surface area contributed by atoms with E-state index in [4.69, 9.17) is 4.74 Å². The van der Waals surface area contributed by atoms with Crippen molar-refractivity contribution < 1.29 is 14.4 Å². The zero-order valence-corrected chi connectivity index (χ0v) is 15.4. The number of methoxy groups -OCH3 is 1. The second kappa shape index (κ2) is 7.63. The largest absolute Gasteiger partial charge is 0.495 e. The van der Waals surface area contributed by atoms with Crippen LogP contribution in [0.15, 0.2) is 48.5 Å². The predicted octanol–water partition coefficient (Wildman–Crippen LogP) is 2.35. The van der Waals surface area contributed by atoms with Crippen molar-refractivity contribution >= 4 is 33.1 Å². The van der Waals surface area contributed by atoms with E-state index in [-0.39, 0.29) is 11.9 Å². The summed E-state index contributed by atoms with van der Waals surface area (Å²) in [5, 5.41) is 3.99. The van der Waals surface area contributed by atoms with Crippen molar-refractivity contribution in [3.8, 4) is 5.75 Å². The zero-order chi connectivity index (χ0) is 17.8. The van der Waals surface area contributed by atoms with E-state index >= 15 is 0 Å². The quantitative estimate of drug-likeness (QED) is 0.713. The van der Waals surface area contributed by atoms with E-state index < -0.39 is 0 Å². The number of amides is 1. The number of carbonyl (C=O) groups is 1. The third kappa shape index (κ3) is 3.97. The average Bonchev–Trinajstić information content (AvgIpc) is 3.03. The molecular weight excluding hydrogens is 334 g/mol. The number of aromatic nitrogens is 1. The van der Waals surface area contributed by atoms with Crippen molar-refractivity contribution in [1.29, 1.82) is 0 Å². The zero-order valence-electron chi connectivity index (χ0n) is 14.6. The first-order valence-electron chi connectivity index (χ1n) is 8.19. The molecule has 130 valence electrons. The van der Waals surface area contributed by atoms with Crippen LogP contribution in [0.2, 0.25) is 0 Å². The smallest absolute Gasteiger partial charge is 0.282 e. The topological polar surface area (TPSA) is 55.7 Å². The highest BCUT2D eigenvalue weighted by molar-refractivity contribution is 7.18. The molecule has 0 saturated carbocycles. The van der Waals surface area contributed by atoms with Crippen LogP contribution in [0.4, 0.5) is 5.69 Å². The summed E-state index contributed by atoms with van der Waals surface area (Å²) in [6.07, 6.45) is 0. The van der Waals surface area contributed by atoms with Gasteiger partial charge in [-0.3, -0.25) is 4.79 Å². The Morgan fingerprint density at radius 3 is 2.72 bits per heavy atom. The monoisotopic (exact) mass is 356 g/mol. The van der Waals surface area contributed by atoms with Crippen LogP contribution in [-0.2, 0) is 11.3 Å². The fourth-order valence-electron chi connectivity index (χ4n) is 2.60. The molecule has 1 aromatic heterocycles. The number of para-hydroxylation sites is 3.